The van der Waals surface area contributed by atoms with Crippen LogP contribution < -0.4 is 0 Å². The molecule has 0 bridgehead atoms. The number of ether oxygens (including phenoxy) is 2. The Kier molecular flexibility index (Phi) is 15.5. The highest BCUT2D eigenvalue weighted by molar-refractivity contribution is 8.83. The fraction of sp³-hybridized carbons (Fsp3) is 0.846. The third-order valence-corrected chi connectivity index (χ3v) is 7.06. The van der Waals surface area contributed by atoms with Crippen LogP contribution in [0, 0.1) is 0 Å². The molecule has 0 spiro atoms. The van der Waals surface area contributed by atoms with Gasteiger partial charge >= 0.3 is 10.6 Å². The van der Waals surface area contributed by atoms with Crippen LogP contribution in [0.1, 0.15) is 46.5 Å². The molecule has 0 heterocycles. The van der Waals surface area contributed by atoms with E-state index in [0.29, 0.717) is 13.2 Å². The maximum Gasteiger partial charge on any atom is 0.378 e. The Balaban J connectivity index is 3.51. The molecule has 0 fully saturated rings. The highest BCUT2D eigenvalue weighted by atomic mass is 33.1. The molecule has 124 valence electrons. The Bertz CT molecular complexity index is 289. The Morgan fingerprint density at radius 3 is 2.00 bits per heavy atom. The molecule has 0 aromatic carbocycles. The van der Waals surface area contributed by atoms with Gasteiger partial charge in [-0.15, -0.1) is 0 Å². The smallest absolute Gasteiger partial charge is 0.378 e. The normalized spacial score (nSPS) is 12.0. The third-order valence-electron chi connectivity index (χ3n) is 2.15. The van der Waals surface area contributed by atoms with Crippen LogP contribution >= 0.6 is 43.2 Å². The van der Waals surface area contributed by atoms with Crippen LogP contribution in [0.2, 0.25) is 0 Å². The van der Waals surface area contributed by atoms with E-state index in [2.05, 4.69) is 13.8 Å². The van der Waals surface area contributed by atoms with Crippen molar-refractivity contribution in [2.24, 2.45) is 0 Å². The molecule has 0 N–H and O–H groups in total. The van der Waals surface area contributed by atoms with Crippen molar-refractivity contribution >= 4 is 53.8 Å². The molecule has 1 atom stereocenters. The molecule has 21 heavy (non-hydrogen) atoms. The molecule has 0 aliphatic heterocycles. The van der Waals surface area contributed by atoms with Gasteiger partial charge in [-0.1, -0.05) is 55.2 Å². The average Bonchev–Trinajstić information content (AvgIpc) is 2.46. The molecule has 4 nitrogen and oxygen atoms in total. The minimum atomic E-state index is -0.239. The second-order valence-corrected chi connectivity index (χ2v) is 9.11. The van der Waals surface area contributed by atoms with Crippen LogP contribution in [0.3, 0.4) is 0 Å². The number of rotatable bonds is 11. The van der Waals surface area contributed by atoms with E-state index in [4.69, 9.17) is 9.47 Å². The Labute approximate surface area is 143 Å². The maximum atomic E-state index is 11.4. The molecule has 0 aliphatic carbocycles. The molecule has 0 aromatic rings. The average molecular weight is 373 g/mol. The first kappa shape index (κ1) is 21.3. The van der Waals surface area contributed by atoms with E-state index >= 15 is 0 Å². The van der Waals surface area contributed by atoms with Crippen molar-refractivity contribution in [2.75, 3.05) is 19.0 Å². The summed E-state index contributed by atoms with van der Waals surface area (Å²) in [7, 11) is 5.18. The van der Waals surface area contributed by atoms with Crippen LogP contribution in [0.25, 0.3) is 0 Å². The molecule has 0 saturated heterocycles. The topological polar surface area (TPSA) is 52.6 Å². The van der Waals surface area contributed by atoms with E-state index < -0.39 is 0 Å². The van der Waals surface area contributed by atoms with Crippen LogP contribution in [-0.2, 0) is 9.47 Å². The fourth-order valence-electron chi connectivity index (χ4n) is 0.975. The van der Waals surface area contributed by atoms with Crippen molar-refractivity contribution in [3.05, 3.63) is 0 Å². The zero-order valence-electron chi connectivity index (χ0n) is 12.8. The standard InChI is InChI=1S/C13H24O4S4/c1-4-6-8-16-12(14)20-18-10-11(3)19-21-13(15)17-9-7-5-2/h11H,4-10H2,1-3H3. The van der Waals surface area contributed by atoms with Gasteiger partial charge in [-0.2, -0.15) is 0 Å². The monoisotopic (exact) mass is 372 g/mol. The van der Waals surface area contributed by atoms with Gasteiger partial charge in [0.05, 0.1) is 13.2 Å². The zero-order chi connectivity index (χ0) is 15.9. The molecule has 0 radical (unpaired) electrons. The lowest BCUT2D eigenvalue weighted by Crippen LogP contribution is -2.02. The van der Waals surface area contributed by atoms with E-state index in [1.165, 1.54) is 21.6 Å². The van der Waals surface area contributed by atoms with Gasteiger partial charge < -0.3 is 9.47 Å². The summed E-state index contributed by atoms with van der Waals surface area (Å²) in [5.74, 6) is 0.771. The molecule has 8 heteroatoms. The van der Waals surface area contributed by atoms with E-state index in [1.807, 2.05) is 6.92 Å². The largest absolute Gasteiger partial charge is 0.457 e. The maximum absolute atomic E-state index is 11.4. The SMILES string of the molecule is CCCCOC(=O)SSCC(C)SSC(=O)OCCCC. The van der Waals surface area contributed by atoms with Crippen molar-refractivity contribution < 1.29 is 19.1 Å². The number of hydrogen-bond acceptors (Lipinski definition) is 8. The van der Waals surface area contributed by atoms with Gasteiger partial charge in [-0.25, -0.2) is 9.59 Å². The van der Waals surface area contributed by atoms with Crippen LogP contribution in [0.4, 0.5) is 9.59 Å². The summed E-state index contributed by atoms with van der Waals surface area (Å²) in [6.45, 7) is 7.12. The van der Waals surface area contributed by atoms with Gasteiger partial charge in [0.15, 0.2) is 0 Å². The zero-order valence-corrected chi connectivity index (χ0v) is 16.1. The van der Waals surface area contributed by atoms with Gasteiger partial charge in [0.1, 0.15) is 0 Å². The summed E-state index contributed by atoms with van der Waals surface area (Å²) >= 11 is 0. The minimum absolute atomic E-state index is 0.239. The van der Waals surface area contributed by atoms with Gasteiger partial charge in [-0.05, 0) is 12.8 Å². The Morgan fingerprint density at radius 2 is 1.48 bits per heavy atom. The Hall–Kier alpha value is 0.340. The molecule has 0 amide bonds. The van der Waals surface area contributed by atoms with E-state index in [9.17, 15) is 9.59 Å². The predicted octanol–water partition coefficient (Wildman–Crippen LogP) is 6.01. The Morgan fingerprint density at radius 1 is 0.952 bits per heavy atom. The minimum Gasteiger partial charge on any atom is -0.457 e. The van der Waals surface area contributed by atoms with E-state index in [1.54, 1.807) is 0 Å². The number of carbonyl (C=O) groups is 2. The van der Waals surface area contributed by atoms with Crippen molar-refractivity contribution in [3.8, 4) is 0 Å². The summed E-state index contributed by atoms with van der Waals surface area (Å²) in [5.41, 5.74) is 0. The summed E-state index contributed by atoms with van der Waals surface area (Å²) in [6.07, 6.45) is 3.84. The lowest BCUT2D eigenvalue weighted by Gasteiger charge is -2.09. The van der Waals surface area contributed by atoms with Gasteiger partial charge in [0.25, 0.3) is 0 Å². The third kappa shape index (κ3) is 15.0. The first-order chi connectivity index (χ1) is 10.1. The van der Waals surface area contributed by atoms with E-state index in [0.717, 1.165) is 53.0 Å². The second-order valence-electron chi connectivity index (χ2n) is 4.26. The van der Waals surface area contributed by atoms with Gasteiger partial charge in [0.2, 0.25) is 0 Å². The molecule has 1 unspecified atom stereocenters. The molecular weight excluding hydrogens is 348 g/mol. The number of hydrogen-bond donors (Lipinski definition) is 0. The number of unbranched alkanes of at least 4 members (excludes halogenated alkanes) is 2. The first-order valence-corrected chi connectivity index (χ1v) is 11.6. The van der Waals surface area contributed by atoms with Crippen LogP contribution in [0.15, 0.2) is 0 Å². The summed E-state index contributed by atoms with van der Waals surface area (Å²) < 4.78 is 10.1. The molecular formula is C13H24O4S4. The summed E-state index contributed by atoms with van der Waals surface area (Å²) in [6, 6.07) is 0. The number of carbonyl (C=O) groups excluding carboxylic acids is 2. The van der Waals surface area contributed by atoms with Gasteiger partial charge in [0, 0.05) is 32.6 Å². The van der Waals surface area contributed by atoms with Crippen molar-refractivity contribution in [2.45, 2.75) is 51.7 Å². The highest BCUT2D eigenvalue weighted by Gasteiger charge is 2.11. The molecule has 0 saturated carbocycles. The molecule has 0 aromatic heterocycles. The lowest BCUT2D eigenvalue weighted by molar-refractivity contribution is 0.173. The van der Waals surface area contributed by atoms with Gasteiger partial charge in [-0.3, -0.25) is 0 Å². The van der Waals surface area contributed by atoms with Crippen LogP contribution in [-0.4, -0.2) is 34.8 Å². The summed E-state index contributed by atoms with van der Waals surface area (Å²) in [4.78, 5) is 22.7. The highest BCUT2D eigenvalue weighted by Crippen LogP contribution is 2.33. The van der Waals surface area contributed by atoms with Crippen molar-refractivity contribution in [1.82, 2.24) is 0 Å². The van der Waals surface area contributed by atoms with Crippen molar-refractivity contribution in [1.29, 1.82) is 0 Å². The molecule has 0 rings (SSSR count). The quantitative estimate of drug-likeness (QED) is 0.248. The van der Waals surface area contributed by atoms with E-state index in [-0.39, 0.29) is 15.9 Å². The first-order valence-electron chi connectivity index (χ1n) is 7.06. The van der Waals surface area contributed by atoms with Crippen LogP contribution in [0.5, 0.6) is 0 Å². The lowest BCUT2D eigenvalue weighted by atomic mass is 10.4. The second kappa shape index (κ2) is 15.2. The summed E-state index contributed by atoms with van der Waals surface area (Å²) in [5, 5.41) is -0.219. The fourth-order valence-corrected chi connectivity index (χ4v) is 5.14. The predicted molar refractivity (Wildman–Crippen MR) is 97.2 cm³/mol. The van der Waals surface area contributed by atoms with Crippen molar-refractivity contribution in [3.63, 3.8) is 0 Å². The molecule has 0 aliphatic rings.